The average Bonchev–Trinajstić information content (AvgIpc) is 2.86. The molecule has 5 rings (SSSR count). The van der Waals surface area contributed by atoms with E-state index in [0.717, 1.165) is 43.7 Å². The Morgan fingerprint density at radius 1 is 0.812 bits per heavy atom. The lowest BCUT2D eigenvalue weighted by atomic mass is 9.94. The SMILES string of the molecule is CCCCOc1ccc(N(c2cccc3c2CCC=C3)c2cccc3ccccc23)cc1. The molecule has 0 fully saturated rings. The van der Waals surface area contributed by atoms with Gasteiger partial charge in [-0.1, -0.05) is 74.0 Å². The average molecular weight is 420 g/mol. The Bertz CT molecular complexity index is 1230. The summed E-state index contributed by atoms with van der Waals surface area (Å²) >= 11 is 0. The fourth-order valence-electron chi connectivity index (χ4n) is 4.51. The topological polar surface area (TPSA) is 12.5 Å². The van der Waals surface area contributed by atoms with Crippen LogP contribution in [-0.2, 0) is 6.42 Å². The summed E-state index contributed by atoms with van der Waals surface area (Å²) in [5.41, 5.74) is 6.32. The van der Waals surface area contributed by atoms with Crippen LogP contribution in [-0.4, -0.2) is 6.61 Å². The highest BCUT2D eigenvalue weighted by atomic mass is 16.5. The maximum Gasteiger partial charge on any atom is 0.119 e. The van der Waals surface area contributed by atoms with Crippen molar-refractivity contribution < 1.29 is 4.74 Å². The molecular formula is C30H29NO. The maximum absolute atomic E-state index is 5.93. The molecule has 0 heterocycles. The number of nitrogens with zero attached hydrogens (tertiary/aromatic N) is 1. The molecule has 0 aromatic heterocycles. The van der Waals surface area contributed by atoms with Crippen molar-refractivity contribution in [2.24, 2.45) is 0 Å². The monoisotopic (exact) mass is 419 g/mol. The van der Waals surface area contributed by atoms with Gasteiger partial charge in [-0.3, -0.25) is 0 Å². The summed E-state index contributed by atoms with van der Waals surface area (Å²) in [6, 6.07) is 30.4. The number of hydrogen-bond donors (Lipinski definition) is 0. The van der Waals surface area contributed by atoms with Crippen LogP contribution in [0.3, 0.4) is 0 Å². The van der Waals surface area contributed by atoms with Gasteiger partial charge in [-0.05, 0) is 72.2 Å². The van der Waals surface area contributed by atoms with Crippen LogP contribution in [0, 0.1) is 0 Å². The number of anilines is 3. The van der Waals surface area contributed by atoms with Gasteiger partial charge in [0.15, 0.2) is 0 Å². The summed E-state index contributed by atoms with van der Waals surface area (Å²) in [6.45, 7) is 2.95. The summed E-state index contributed by atoms with van der Waals surface area (Å²) in [6.07, 6.45) is 8.89. The van der Waals surface area contributed by atoms with Crippen molar-refractivity contribution in [3.05, 3.63) is 102 Å². The van der Waals surface area contributed by atoms with Crippen molar-refractivity contribution in [2.45, 2.75) is 32.6 Å². The summed E-state index contributed by atoms with van der Waals surface area (Å²) < 4.78 is 5.93. The molecule has 0 amide bonds. The van der Waals surface area contributed by atoms with E-state index in [2.05, 4.69) is 109 Å². The van der Waals surface area contributed by atoms with Gasteiger partial charge in [0.2, 0.25) is 0 Å². The molecule has 0 saturated carbocycles. The van der Waals surface area contributed by atoms with Gasteiger partial charge < -0.3 is 9.64 Å². The Balaban J connectivity index is 1.65. The smallest absolute Gasteiger partial charge is 0.119 e. The summed E-state index contributed by atoms with van der Waals surface area (Å²) in [5, 5.41) is 2.50. The van der Waals surface area contributed by atoms with Crippen molar-refractivity contribution >= 4 is 33.9 Å². The molecule has 32 heavy (non-hydrogen) atoms. The molecule has 160 valence electrons. The molecule has 1 aliphatic rings. The first-order chi connectivity index (χ1) is 15.8. The first-order valence-corrected chi connectivity index (χ1v) is 11.6. The molecule has 2 heteroatoms. The van der Waals surface area contributed by atoms with Crippen molar-refractivity contribution in [1.82, 2.24) is 0 Å². The molecular weight excluding hydrogens is 390 g/mol. The standard InChI is InChI=1S/C30H29NO/c1-2-3-22-32-26-20-18-25(19-21-26)31(29-16-8-12-23-10-4-6-14-27(23)29)30-17-9-13-24-11-5-7-15-28(24)30/h4-6,8-14,16-21H,2-3,7,15,22H2,1H3. The third kappa shape index (κ3) is 4.01. The van der Waals surface area contributed by atoms with E-state index < -0.39 is 0 Å². The molecule has 4 aromatic rings. The number of hydrogen-bond acceptors (Lipinski definition) is 2. The molecule has 0 spiro atoms. The summed E-state index contributed by atoms with van der Waals surface area (Å²) in [7, 11) is 0. The number of unbranched alkanes of at least 4 members (excludes halogenated alkanes) is 1. The van der Waals surface area contributed by atoms with Gasteiger partial charge in [-0.2, -0.15) is 0 Å². The van der Waals surface area contributed by atoms with Crippen LogP contribution >= 0.6 is 0 Å². The van der Waals surface area contributed by atoms with Crippen molar-refractivity contribution in [2.75, 3.05) is 11.5 Å². The zero-order chi connectivity index (χ0) is 21.8. The van der Waals surface area contributed by atoms with Gasteiger partial charge in [-0.25, -0.2) is 0 Å². The van der Waals surface area contributed by atoms with Gasteiger partial charge in [-0.15, -0.1) is 0 Å². The van der Waals surface area contributed by atoms with E-state index in [-0.39, 0.29) is 0 Å². The van der Waals surface area contributed by atoms with E-state index in [1.807, 2.05) is 0 Å². The Labute approximate surface area is 190 Å². The second-order valence-corrected chi connectivity index (χ2v) is 8.32. The number of fused-ring (bicyclic) bond motifs is 2. The van der Waals surface area contributed by atoms with Gasteiger partial charge in [0, 0.05) is 16.8 Å². The van der Waals surface area contributed by atoms with E-state index >= 15 is 0 Å². The van der Waals surface area contributed by atoms with E-state index in [9.17, 15) is 0 Å². The zero-order valence-corrected chi connectivity index (χ0v) is 18.6. The minimum Gasteiger partial charge on any atom is -0.494 e. The molecule has 0 radical (unpaired) electrons. The zero-order valence-electron chi connectivity index (χ0n) is 18.6. The largest absolute Gasteiger partial charge is 0.494 e. The van der Waals surface area contributed by atoms with Crippen molar-refractivity contribution in [3.8, 4) is 5.75 Å². The highest BCUT2D eigenvalue weighted by molar-refractivity contribution is 5.99. The third-order valence-corrected chi connectivity index (χ3v) is 6.16. The quantitative estimate of drug-likeness (QED) is 0.279. The fraction of sp³-hybridized carbons (Fsp3) is 0.200. The number of rotatable bonds is 7. The second kappa shape index (κ2) is 9.32. The van der Waals surface area contributed by atoms with Gasteiger partial charge in [0.05, 0.1) is 12.3 Å². The van der Waals surface area contributed by atoms with Gasteiger partial charge in [0.1, 0.15) is 5.75 Å². The van der Waals surface area contributed by atoms with Crippen LogP contribution < -0.4 is 9.64 Å². The van der Waals surface area contributed by atoms with E-state index in [0.29, 0.717) is 0 Å². The highest BCUT2D eigenvalue weighted by Gasteiger charge is 2.20. The normalized spacial score (nSPS) is 12.5. The maximum atomic E-state index is 5.93. The predicted octanol–water partition coefficient (Wildman–Crippen LogP) is 8.45. The molecule has 1 aliphatic carbocycles. The van der Waals surface area contributed by atoms with E-state index in [4.69, 9.17) is 4.74 Å². The molecule has 4 aromatic carbocycles. The fourth-order valence-corrected chi connectivity index (χ4v) is 4.51. The van der Waals surface area contributed by atoms with E-state index in [1.54, 1.807) is 0 Å². The van der Waals surface area contributed by atoms with Crippen LogP contribution in [0.25, 0.3) is 16.8 Å². The lowest BCUT2D eigenvalue weighted by Gasteiger charge is -2.30. The molecule has 2 nitrogen and oxygen atoms in total. The molecule has 0 unspecified atom stereocenters. The lowest BCUT2D eigenvalue weighted by molar-refractivity contribution is 0.309. The Kier molecular flexibility index (Phi) is 5.93. The molecule has 0 N–H and O–H groups in total. The molecule has 0 atom stereocenters. The van der Waals surface area contributed by atoms with Crippen LogP contribution in [0.15, 0.2) is 91.0 Å². The second-order valence-electron chi connectivity index (χ2n) is 8.32. The van der Waals surface area contributed by atoms with Gasteiger partial charge in [0.25, 0.3) is 0 Å². The number of ether oxygens (including phenoxy) is 1. The molecule has 0 saturated heterocycles. The first kappa shape index (κ1) is 20.4. The van der Waals surface area contributed by atoms with Crippen LogP contribution in [0.5, 0.6) is 5.75 Å². The van der Waals surface area contributed by atoms with Crippen molar-refractivity contribution in [1.29, 1.82) is 0 Å². The first-order valence-electron chi connectivity index (χ1n) is 11.6. The summed E-state index contributed by atoms with van der Waals surface area (Å²) in [4.78, 5) is 2.41. The molecule has 0 aliphatic heterocycles. The van der Waals surface area contributed by atoms with E-state index in [1.165, 1.54) is 33.3 Å². The highest BCUT2D eigenvalue weighted by Crippen LogP contribution is 2.42. The number of benzene rings is 4. The Morgan fingerprint density at radius 3 is 2.47 bits per heavy atom. The van der Waals surface area contributed by atoms with Crippen LogP contribution in [0.4, 0.5) is 17.1 Å². The number of allylic oxidation sites excluding steroid dienone is 1. The minimum atomic E-state index is 0.765. The summed E-state index contributed by atoms with van der Waals surface area (Å²) in [5.74, 6) is 0.929. The molecule has 0 bridgehead atoms. The Morgan fingerprint density at radius 2 is 1.59 bits per heavy atom. The van der Waals surface area contributed by atoms with Gasteiger partial charge >= 0.3 is 0 Å². The minimum absolute atomic E-state index is 0.765. The Hall–Kier alpha value is -3.52. The third-order valence-electron chi connectivity index (χ3n) is 6.16. The van der Waals surface area contributed by atoms with Crippen LogP contribution in [0.2, 0.25) is 0 Å². The lowest BCUT2D eigenvalue weighted by Crippen LogP contribution is -2.14. The van der Waals surface area contributed by atoms with Crippen LogP contribution in [0.1, 0.15) is 37.3 Å². The van der Waals surface area contributed by atoms with Crippen molar-refractivity contribution in [3.63, 3.8) is 0 Å². The predicted molar refractivity (Wildman–Crippen MR) is 136 cm³/mol.